The number of aldehydes is 1. The first-order valence-electron chi connectivity index (χ1n) is 9.89. The average Bonchev–Trinajstić information content (AvgIpc) is 3.16. The van der Waals surface area contributed by atoms with E-state index in [4.69, 9.17) is 0 Å². The minimum atomic E-state index is -0.0655. The Morgan fingerprint density at radius 2 is 1.93 bits per heavy atom. The lowest BCUT2D eigenvalue weighted by molar-refractivity contribution is 0.112. The summed E-state index contributed by atoms with van der Waals surface area (Å²) in [5.74, 6) is 0.926. The van der Waals surface area contributed by atoms with Gasteiger partial charge in [0.2, 0.25) is 0 Å². The predicted octanol–water partition coefficient (Wildman–Crippen LogP) is 3.46. The summed E-state index contributed by atoms with van der Waals surface area (Å²) in [6, 6.07) is 11.5. The highest BCUT2D eigenvalue weighted by atomic mass is 16.2. The molecule has 1 aliphatic heterocycles. The molecule has 3 heterocycles. The number of carbonyl (C=O) groups is 2. The van der Waals surface area contributed by atoms with Crippen molar-refractivity contribution >= 4 is 34.7 Å². The summed E-state index contributed by atoms with van der Waals surface area (Å²) in [6.07, 6.45) is 4.38. The normalized spacial score (nSPS) is 14.4. The van der Waals surface area contributed by atoms with Crippen molar-refractivity contribution < 1.29 is 9.59 Å². The molecule has 150 valence electrons. The summed E-state index contributed by atoms with van der Waals surface area (Å²) < 4.78 is 1.63. The van der Waals surface area contributed by atoms with E-state index in [2.05, 4.69) is 29.0 Å². The summed E-state index contributed by atoms with van der Waals surface area (Å²) in [6.45, 7) is 6.87. The maximum absolute atomic E-state index is 13.1. The molecule has 7 nitrogen and oxygen atoms in total. The van der Waals surface area contributed by atoms with E-state index in [1.54, 1.807) is 29.1 Å². The summed E-state index contributed by atoms with van der Waals surface area (Å²) in [5, 5.41) is 4.39. The number of hydrogen-bond acceptors (Lipinski definition) is 5. The first-order valence-corrected chi connectivity index (χ1v) is 9.89. The van der Waals surface area contributed by atoms with Gasteiger partial charge >= 0.3 is 6.03 Å². The highest BCUT2D eigenvalue weighted by Gasteiger charge is 2.25. The summed E-state index contributed by atoms with van der Waals surface area (Å²) in [7, 11) is 0. The molecule has 1 N–H and O–H groups in total. The van der Waals surface area contributed by atoms with E-state index in [1.807, 2.05) is 29.2 Å². The van der Waals surface area contributed by atoms with Crippen LogP contribution in [0.4, 0.5) is 16.3 Å². The Labute approximate surface area is 169 Å². The monoisotopic (exact) mass is 391 g/mol. The molecule has 2 aromatic heterocycles. The molecule has 7 heteroatoms. The molecule has 0 saturated carbocycles. The van der Waals surface area contributed by atoms with E-state index >= 15 is 0 Å². The summed E-state index contributed by atoms with van der Waals surface area (Å²) in [4.78, 5) is 32.8. The standard InChI is InChI=1S/C22H25N5O2/c1-16(2)24-19-4-3-8-23-21(19)25-10-12-26(13-11-25)22(29)27-9-7-18-6-5-17(15-28)14-20(18)27/h3-9,14-16,24H,10-13H2,1-2H3. The van der Waals surface area contributed by atoms with Crippen LogP contribution >= 0.6 is 0 Å². The largest absolute Gasteiger partial charge is 0.380 e. The van der Waals surface area contributed by atoms with E-state index < -0.39 is 0 Å². The van der Waals surface area contributed by atoms with Crippen molar-refractivity contribution in [3.63, 3.8) is 0 Å². The summed E-state index contributed by atoms with van der Waals surface area (Å²) in [5.41, 5.74) is 2.34. The SMILES string of the molecule is CC(C)Nc1cccnc1N1CCN(C(=O)n2ccc3ccc(C=O)cc32)CC1. The number of hydrogen-bond donors (Lipinski definition) is 1. The minimum absolute atomic E-state index is 0.0655. The molecule has 0 bridgehead atoms. The van der Waals surface area contributed by atoms with E-state index in [9.17, 15) is 9.59 Å². The van der Waals surface area contributed by atoms with Gasteiger partial charge in [-0.05, 0) is 38.1 Å². The third-order valence-electron chi connectivity index (χ3n) is 5.14. The molecule has 0 atom stereocenters. The van der Waals surface area contributed by atoms with Gasteiger partial charge in [0, 0.05) is 55.6 Å². The number of amides is 1. The fraction of sp³-hybridized carbons (Fsp3) is 0.318. The quantitative estimate of drug-likeness (QED) is 0.690. The van der Waals surface area contributed by atoms with E-state index in [0.717, 1.165) is 28.7 Å². The van der Waals surface area contributed by atoms with Gasteiger partial charge < -0.3 is 15.1 Å². The van der Waals surface area contributed by atoms with Crippen molar-refractivity contribution in [2.24, 2.45) is 0 Å². The van der Waals surface area contributed by atoms with Crippen molar-refractivity contribution in [3.05, 3.63) is 54.4 Å². The van der Waals surface area contributed by atoms with Gasteiger partial charge in [-0.3, -0.25) is 9.36 Å². The Morgan fingerprint density at radius 1 is 1.14 bits per heavy atom. The average molecular weight is 391 g/mol. The van der Waals surface area contributed by atoms with Crippen LogP contribution in [0.3, 0.4) is 0 Å². The Morgan fingerprint density at radius 3 is 2.66 bits per heavy atom. The lowest BCUT2D eigenvalue weighted by Crippen LogP contribution is -2.50. The Bertz CT molecular complexity index is 1030. The van der Waals surface area contributed by atoms with Gasteiger partial charge in [0.05, 0.1) is 11.2 Å². The molecule has 1 saturated heterocycles. The van der Waals surface area contributed by atoms with Gasteiger partial charge in [-0.1, -0.05) is 12.1 Å². The van der Waals surface area contributed by atoms with Crippen LogP contribution in [0.15, 0.2) is 48.8 Å². The first kappa shape index (κ1) is 19.0. The lowest BCUT2D eigenvalue weighted by atomic mass is 10.2. The van der Waals surface area contributed by atoms with E-state index in [-0.39, 0.29) is 6.03 Å². The number of fused-ring (bicyclic) bond motifs is 1. The van der Waals surface area contributed by atoms with Crippen LogP contribution in [0.5, 0.6) is 0 Å². The number of carbonyl (C=O) groups excluding carboxylic acids is 2. The molecule has 0 spiro atoms. The van der Waals surface area contributed by atoms with Gasteiger partial charge in [-0.25, -0.2) is 9.78 Å². The zero-order valence-corrected chi connectivity index (χ0v) is 16.7. The molecule has 4 rings (SSSR count). The van der Waals surface area contributed by atoms with Crippen molar-refractivity contribution in [2.45, 2.75) is 19.9 Å². The molecule has 0 radical (unpaired) electrons. The fourth-order valence-corrected chi connectivity index (χ4v) is 3.72. The number of pyridine rings is 1. The molecule has 3 aromatic rings. The molecule has 29 heavy (non-hydrogen) atoms. The second-order valence-corrected chi connectivity index (χ2v) is 7.55. The van der Waals surface area contributed by atoms with Gasteiger partial charge in [-0.15, -0.1) is 0 Å². The van der Waals surface area contributed by atoms with Crippen LogP contribution in [-0.4, -0.2) is 59.0 Å². The maximum atomic E-state index is 13.1. The molecule has 1 amide bonds. The molecule has 0 aliphatic carbocycles. The molecule has 1 aliphatic rings. The predicted molar refractivity (Wildman–Crippen MR) is 115 cm³/mol. The van der Waals surface area contributed by atoms with Gasteiger partial charge in [0.1, 0.15) is 6.29 Å². The van der Waals surface area contributed by atoms with Crippen LogP contribution in [0.2, 0.25) is 0 Å². The third kappa shape index (κ3) is 3.81. The highest BCUT2D eigenvalue weighted by molar-refractivity contribution is 5.94. The van der Waals surface area contributed by atoms with Gasteiger partial charge in [-0.2, -0.15) is 0 Å². The Hall–Kier alpha value is -3.35. The van der Waals surface area contributed by atoms with E-state index in [0.29, 0.717) is 37.8 Å². The van der Waals surface area contributed by atoms with Crippen LogP contribution in [0.25, 0.3) is 10.9 Å². The molecule has 1 fully saturated rings. The number of nitrogens with zero attached hydrogens (tertiary/aromatic N) is 4. The number of benzene rings is 1. The molecular formula is C22H25N5O2. The Kier molecular flexibility index (Phi) is 5.20. The van der Waals surface area contributed by atoms with Crippen molar-refractivity contribution in [1.29, 1.82) is 0 Å². The Balaban J connectivity index is 1.49. The number of aromatic nitrogens is 2. The molecule has 1 aromatic carbocycles. The van der Waals surface area contributed by atoms with Crippen LogP contribution in [-0.2, 0) is 0 Å². The van der Waals surface area contributed by atoms with Crippen molar-refractivity contribution in [3.8, 4) is 0 Å². The highest BCUT2D eigenvalue weighted by Crippen LogP contribution is 2.25. The van der Waals surface area contributed by atoms with Crippen molar-refractivity contribution in [2.75, 3.05) is 36.4 Å². The van der Waals surface area contributed by atoms with Gasteiger partial charge in [0.25, 0.3) is 0 Å². The molecule has 0 unspecified atom stereocenters. The van der Waals surface area contributed by atoms with Crippen molar-refractivity contribution in [1.82, 2.24) is 14.5 Å². The zero-order valence-electron chi connectivity index (χ0n) is 16.7. The zero-order chi connectivity index (χ0) is 20.4. The summed E-state index contributed by atoms with van der Waals surface area (Å²) >= 11 is 0. The van der Waals surface area contributed by atoms with E-state index in [1.165, 1.54) is 0 Å². The number of rotatable bonds is 4. The number of piperazine rings is 1. The fourth-order valence-electron chi connectivity index (χ4n) is 3.72. The second-order valence-electron chi connectivity index (χ2n) is 7.55. The first-order chi connectivity index (χ1) is 14.1. The second kappa shape index (κ2) is 7.95. The van der Waals surface area contributed by atoms with Crippen LogP contribution in [0.1, 0.15) is 24.2 Å². The van der Waals surface area contributed by atoms with Gasteiger partial charge in [0.15, 0.2) is 5.82 Å². The third-order valence-corrected chi connectivity index (χ3v) is 5.14. The maximum Gasteiger partial charge on any atom is 0.328 e. The topological polar surface area (TPSA) is 70.5 Å². The minimum Gasteiger partial charge on any atom is -0.380 e. The van der Waals surface area contributed by atoms with Crippen LogP contribution in [0, 0.1) is 0 Å². The van der Waals surface area contributed by atoms with Crippen LogP contribution < -0.4 is 10.2 Å². The smallest absolute Gasteiger partial charge is 0.328 e. The number of anilines is 2. The number of nitrogens with one attached hydrogen (secondary N) is 1. The lowest BCUT2D eigenvalue weighted by Gasteiger charge is -2.36. The molecular weight excluding hydrogens is 366 g/mol.